The minimum atomic E-state index is 0.486. The number of likely N-dealkylation sites (tertiary alicyclic amines) is 1. The van der Waals surface area contributed by atoms with Crippen molar-refractivity contribution < 1.29 is 4.42 Å². The lowest BCUT2D eigenvalue weighted by molar-refractivity contribution is 0.167. The summed E-state index contributed by atoms with van der Waals surface area (Å²) in [7, 11) is 0. The molecule has 0 saturated carbocycles. The van der Waals surface area contributed by atoms with Crippen LogP contribution in [-0.4, -0.2) is 42.6 Å². The number of hydrogen-bond acceptors (Lipinski definition) is 3. The van der Waals surface area contributed by atoms with Crippen molar-refractivity contribution in [2.24, 2.45) is 4.99 Å². The van der Waals surface area contributed by atoms with Gasteiger partial charge in [-0.3, -0.25) is 0 Å². The summed E-state index contributed by atoms with van der Waals surface area (Å²) >= 11 is 0. The molecule has 0 amide bonds. The number of piperidine rings is 1. The number of aliphatic imine (C=N–C) groups is 1. The van der Waals surface area contributed by atoms with Crippen molar-refractivity contribution in [1.29, 1.82) is 0 Å². The Balaban J connectivity index is 1.64. The zero-order valence-electron chi connectivity index (χ0n) is 16.5. The van der Waals surface area contributed by atoms with Crippen LogP contribution in [0.4, 0.5) is 0 Å². The number of benzene rings is 1. The smallest absolute Gasteiger partial charge is 0.191 e. The largest absolute Gasteiger partial charge is 0.459 e. The maximum absolute atomic E-state index is 5.99. The second kappa shape index (κ2) is 8.58. The van der Waals surface area contributed by atoms with Crippen molar-refractivity contribution >= 4 is 16.9 Å². The predicted octanol–water partition coefficient (Wildman–Crippen LogP) is 3.67. The summed E-state index contributed by atoms with van der Waals surface area (Å²) in [5, 5.41) is 8.16. The molecule has 0 aliphatic carbocycles. The van der Waals surface area contributed by atoms with E-state index in [4.69, 9.17) is 9.41 Å². The lowest BCUT2D eigenvalue weighted by atomic mass is 10.0. The molecule has 142 valence electrons. The molecule has 26 heavy (non-hydrogen) atoms. The van der Waals surface area contributed by atoms with E-state index in [1.165, 1.54) is 10.9 Å². The summed E-state index contributed by atoms with van der Waals surface area (Å²) in [6.07, 6.45) is 2.32. The number of guanidine groups is 1. The molecule has 3 rings (SSSR count). The molecule has 1 fully saturated rings. The Morgan fingerprint density at radius 2 is 2.00 bits per heavy atom. The second-order valence-electron chi connectivity index (χ2n) is 7.39. The van der Waals surface area contributed by atoms with E-state index in [1.807, 2.05) is 18.2 Å². The third kappa shape index (κ3) is 4.39. The molecule has 0 spiro atoms. The molecule has 0 radical (unpaired) electrons. The Kier molecular flexibility index (Phi) is 6.20. The van der Waals surface area contributed by atoms with Crippen LogP contribution in [-0.2, 0) is 6.54 Å². The van der Waals surface area contributed by atoms with E-state index in [9.17, 15) is 0 Å². The van der Waals surface area contributed by atoms with Crippen molar-refractivity contribution in [1.82, 2.24) is 15.5 Å². The van der Waals surface area contributed by atoms with E-state index in [0.717, 1.165) is 49.8 Å². The van der Waals surface area contributed by atoms with Crippen LogP contribution in [0.15, 0.2) is 33.7 Å². The van der Waals surface area contributed by atoms with Crippen LogP contribution < -0.4 is 10.6 Å². The first-order chi connectivity index (χ1) is 12.6. The maximum Gasteiger partial charge on any atom is 0.191 e. The molecular formula is C21H32N4O. The SMILES string of the molecule is CCNC(=NCc1oc2ccccc2c1C)NC1CCN(C(C)C)CC1. The van der Waals surface area contributed by atoms with Gasteiger partial charge in [0.05, 0.1) is 0 Å². The van der Waals surface area contributed by atoms with Crippen LogP contribution in [0, 0.1) is 6.92 Å². The fourth-order valence-corrected chi connectivity index (χ4v) is 3.60. The highest BCUT2D eigenvalue weighted by Crippen LogP contribution is 2.25. The minimum Gasteiger partial charge on any atom is -0.459 e. The summed E-state index contributed by atoms with van der Waals surface area (Å²) in [4.78, 5) is 7.32. The molecule has 5 heteroatoms. The van der Waals surface area contributed by atoms with Crippen molar-refractivity contribution in [2.45, 2.75) is 59.2 Å². The Morgan fingerprint density at radius 3 is 2.65 bits per heavy atom. The number of furan rings is 1. The summed E-state index contributed by atoms with van der Waals surface area (Å²) in [5.74, 6) is 1.83. The highest BCUT2D eigenvalue weighted by atomic mass is 16.3. The predicted molar refractivity (Wildman–Crippen MR) is 109 cm³/mol. The Labute approximate surface area is 156 Å². The van der Waals surface area contributed by atoms with E-state index >= 15 is 0 Å². The average Bonchev–Trinajstić information content (AvgIpc) is 2.96. The van der Waals surface area contributed by atoms with Gasteiger partial charge in [0.25, 0.3) is 0 Å². The molecule has 0 unspecified atom stereocenters. The third-order valence-corrected chi connectivity index (χ3v) is 5.27. The zero-order chi connectivity index (χ0) is 18.5. The van der Waals surface area contributed by atoms with Gasteiger partial charge in [0.1, 0.15) is 17.9 Å². The first-order valence-corrected chi connectivity index (χ1v) is 9.84. The lowest BCUT2D eigenvalue weighted by Crippen LogP contribution is -2.49. The second-order valence-corrected chi connectivity index (χ2v) is 7.39. The summed E-state index contributed by atoms with van der Waals surface area (Å²) in [6, 6.07) is 9.29. The summed E-state index contributed by atoms with van der Waals surface area (Å²) < 4.78 is 5.99. The standard InChI is InChI=1S/C21H32N4O/c1-5-22-21(24-17-10-12-25(13-11-17)15(2)3)23-14-20-16(4)18-8-6-7-9-19(18)26-20/h6-9,15,17H,5,10-14H2,1-4H3,(H2,22,23,24). The molecule has 1 aliphatic rings. The van der Waals surface area contributed by atoms with Crippen LogP contribution in [0.25, 0.3) is 11.0 Å². The molecule has 1 aliphatic heterocycles. The van der Waals surface area contributed by atoms with E-state index in [2.05, 4.69) is 49.3 Å². The monoisotopic (exact) mass is 356 g/mol. The number of nitrogens with zero attached hydrogens (tertiary/aromatic N) is 2. The molecule has 1 aromatic carbocycles. The van der Waals surface area contributed by atoms with Gasteiger partial charge in [0.2, 0.25) is 0 Å². The van der Waals surface area contributed by atoms with Gasteiger partial charge in [0, 0.05) is 42.7 Å². The van der Waals surface area contributed by atoms with Gasteiger partial charge in [-0.2, -0.15) is 0 Å². The van der Waals surface area contributed by atoms with Gasteiger partial charge >= 0.3 is 0 Å². The van der Waals surface area contributed by atoms with Gasteiger partial charge < -0.3 is 20.0 Å². The van der Waals surface area contributed by atoms with Gasteiger partial charge in [-0.25, -0.2) is 4.99 Å². The van der Waals surface area contributed by atoms with E-state index < -0.39 is 0 Å². The molecule has 2 heterocycles. The molecule has 1 saturated heterocycles. The average molecular weight is 357 g/mol. The number of para-hydroxylation sites is 1. The Morgan fingerprint density at radius 1 is 1.27 bits per heavy atom. The van der Waals surface area contributed by atoms with Crippen molar-refractivity contribution in [3.63, 3.8) is 0 Å². The van der Waals surface area contributed by atoms with Gasteiger partial charge in [-0.15, -0.1) is 0 Å². The Hall–Kier alpha value is -2.01. The van der Waals surface area contributed by atoms with Crippen LogP contribution >= 0.6 is 0 Å². The van der Waals surface area contributed by atoms with Crippen LogP contribution in [0.3, 0.4) is 0 Å². The van der Waals surface area contributed by atoms with E-state index in [0.29, 0.717) is 18.6 Å². The quantitative estimate of drug-likeness (QED) is 0.634. The summed E-state index contributed by atoms with van der Waals surface area (Å²) in [5.41, 5.74) is 2.12. The molecule has 1 aromatic heterocycles. The maximum atomic E-state index is 5.99. The number of hydrogen-bond donors (Lipinski definition) is 2. The fourth-order valence-electron chi connectivity index (χ4n) is 3.60. The van der Waals surface area contributed by atoms with Crippen molar-refractivity contribution in [2.75, 3.05) is 19.6 Å². The Bertz CT molecular complexity index is 742. The number of aryl methyl sites for hydroxylation is 1. The highest BCUT2D eigenvalue weighted by molar-refractivity contribution is 5.82. The number of fused-ring (bicyclic) bond motifs is 1. The molecule has 5 nitrogen and oxygen atoms in total. The summed E-state index contributed by atoms with van der Waals surface area (Å²) in [6.45, 7) is 12.5. The fraction of sp³-hybridized carbons (Fsp3) is 0.571. The van der Waals surface area contributed by atoms with Gasteiger partial charge in [-0.05, 0) is 46.6 Å². The van der Waals surface area contributed by atoms with Crippen LogP contribution in [0.1, 0.15) is 44.9 Å². The van der Waals surface area contributed by atoms with E-state index in [1.54, 1.807) is 0 Å². The van der Waals surface area contributed by atoms with Gasteiger partial charge in [-0.1, -0.05) is 18.2 Å². The first kappa shape index (κ1) is 18.8. The third-order valence-electron chi connectivity index (χ3n) is 5.27. The first-order valence-electron chi connectivity index (χ1n) is 9.84. The number of rotatable bonds is 5. The normalized spacial score (nSPS) is 17.2. The topological polar surface area (TPSA) is 52.8 Å². The lowest BCUT2D eigenvalue weighted by Gasteiger charge is -2.35. The minimum absolute atomic E-state index is 0.486. The highest BCUT2D eigenvalue weighted by Gasteiger charge is 2.21. The molecule has 0 atom stereocenters. The molecule has 0 bridgehead atoms. The van der Waals surface area contributed by atoms with Crippen molar-refractivity contribution in [3.8, 4) is 0 Å². The number of nitrogens with one attached hydrogen (secondary N) is 2. The van der Waals surface area contributed by atoms with Crippen LogP contribution in [0.5, 0.6) is 0 Å². The zero-order valence-corrected chi connectivity index (χ0v) is 16.5. The molecular weight excluding hydrogens is 324 g/mol. The van der Waals surface area contributed by atoms with Crippen LogP contribution in [0.2, 0.25) is 0 Å². The van der Waals surface area contributed by atoms with Gasteiger partial charge in [0.15, 0.2) is 5.96 Å². The molecule has 2 aromatic rings. The van der Waals surface area contributed by atoms with E-state index in [-0.39, 0.29) is 0 Å². The molecule has 2 N–H and O–H groups in total. The van der Waals surface area contributed by atoms with Crippen molar-refractivity contribution in [3.05, 3.63) is 35.6 Å².